The predicted molar refractivity (Wildman–Crippen MR) is 124 cm³/mol. The maximum atomic E-state index is 12.7. The Morgan fingerprint density at radius 1 is 1.16 bits per heavy atom. The summed E-state index contributed by atoms with van der Waals surface area (Å²) in [7, 11) is 1.65. The fourth-order valence-corrected chi connectivity index (χ4v) is 4.67. The van der Waals surface area contributed by atoms with Crippen LogP contribution in [0, 0.1) is 6.92 Å². The maximum Gasteiger partial charge on any atom is 0.240 e. The molecule has 1 aliphatic heterocycles. The number of ether oxygens (including phenoxy) is 1. The average Bonchev–Trinajstić information content (AvgIpc) is 2.96. The van der Waals surface area contributed by atoms with Gasteiger partial charge in [0.2, 0.25) is 11.8 Å². The number of nitrogens with one attached hydrogen (secondary N) is 1. The Labute approximate surface area is 188 Å². The third kappa shape index (κ3) is 6.77. The van der Waals surface area contributed by atoms with E-state index in [9.17, 15) is 9.59 Å². The number of hydrogen-bond acceptors (Lipinski definition) is 6. The van der Waals surface area contributed by atoms with E-state index in [-0.39, 0.29) is 11.8 Å². The van der Waals surface area contributed by atoms with Crippen molar-refractivity contribution < 1.29 is 14.3 Å². The van der Waals surface area contributed by atoms with Crippen molar-refractivity contribution in [1.82, 2.24) is 14.8 Å². The Hall–Kier alpha value is -2.45. The number of amides is 2. The van der Waals surface area contributed by atoms with Crippen molar-refractivity contribution >= 4 is 28.3 Å². The molecule has 2 heterocycles. The molecule has 2 amide bonds. The number of methoxy groups -OCH3 is 1. The second-order valence-electron chi connectivity index (χ2n) is 7.78. The van der Waals surface area contributed by atoms with E-state index in [0.29, 0.717) is 31.2 Å². The minimum Gasteiger partial charge on any atom is -0.497 e. The smallest absolute Gasteiger partial charge is 0.240 e. The van der Waals surface area contributed by atoms with Crippen molar-refractivity contribution in [2.24, 2.45) is 0 Å². The molecule has 8 heteroatoms. The van der Waals surface area contributed by atoms with Gasteiger partial charge in [0.1, 0.15) is 5.75 Å². The molecule has 0 aliphatic carbocycles. The van der Waals surface area contributed by atoms with Gasteiger partial charge in [-0.25, -0.2) is 4.98 Å². The number of aryl methyl sites for hydroxylation is 3. The Balaban J connectivity index is 1.43. The summed E-state index contributed by atoms with van der Waals surface area (Å²) in [5, 5.41) is 3.59. The zero-order valence-electron chi connectivity index (χ0n) is 18.6. The largest absolute Gasteiger partial charge is 0.497 e. The van der Waals surface area contributed by atoms with Crippen LogP contribution in [-0.2, 0) is 22.4 Å². The monoisotopic (exact) mass is 444 g/mol. The lowest BCUT2D eigenvalue weighted by atomic mass is 10.1. The molecule has 1 fully saturated rings. The standard InChI is InChI=1S/C23H32N4O3S/c1-4-20-17(2)31-23(24-20)25-21(28)16-26-12-5-13-27(15-14-26)22(29)11-8-18-6-9-19(30-3)10-7-18/h6-7,9-10H,4-5,8,11-16H2,1-3H3,(H,24,25,28). The lowest BCUT2D eigenvalue weighted by molar-refractivity contribution is -0.131. The molecule has 0 saturated carbocycles. The summed E-state index contributed by atoms with van der Waals surface area (Å²) in [6, 6.07) is 7.85. The predicted octanol–water partition coefficient (Wildman–Crippen LogP) is 3.13. The quantitative estimate of drug-likeness (QED) is 0.677. The summed E-state index contributed by atoms with van der Waals surface area (Å²) in [4.78, 5) is 34.8. The summed E-state index contributed by atoms with van der Waals surface area (Å²) >= 11 is 1.52. The lowest BCUT2D eigenvalue weighted by Gasteiger charge is -2.21. The summed E-state index contributed by atoms with van der Waals surface area (Å²) in [5.74, 6) is 0.950. The molecule has 1 saturated heterocycles. The van der Waals surface area contributed by atoms with Crippen molar-refractivity contribution in [2.45, 2.75) is 39.5 Å². The summed E-state index contributed by atoms with van der Waals surface area (Å²) in [5.41, 5.74) is 2.17. The molecule has 0 spiro atoms. The van der Waals surface area contributed by atoms with Gasteiger partial charge in [0.15, 0.2) is 5.13 Å². The summed E-state index contributed by atoms with van der Waals surface area (Å²) in [6.45, 7) is 7.34. The number of thiazole rings is 1. The van der Waals surface area contributed by atoms with Gasteiger partial charge in [-0.15, -0.1) is 11.3 Å². The van der Waals surface area contributed by atoms with E-state index in [1.54, 1.807) is 7.11 Å². The lowest BCUT2D eigenvalue weighted by Crippen LogP contribution is -2.38. The van der Waals surface area contributed by atoms with Gasteiger partial charge in [-0.05, 0) is 43.9 Å². The number of carbonyl (C=O) groups excluding carboxylic acids is 2. The zero-order chi connectivity index (χ0) is 22.2. The highest BCUT2D eigenvalue weighted by Gasteiger charge is 2.21. The molecule has 31 heavy (non-hydrogen) atoms. The molecule has 0 atom stereocenters. The van der Waals surface area contributed by atoms with Crippen LogP contribution in [0.2, 0.25) is 0 Å². The van der Waals surface area contributed by atoms with E-state index >= 15 is 0 Å². The number of carbonyl (C=O) groups is 2. The first-order valence-corrected chi connectivity index (χ1v) is 11.7. The van der Waals surface area contributed by atoms with E-state index in [4.69, 9.17) is 4.74 Å². The van der Waals surface area contributed by atoms with Crippen LogP contribution in [0.25, 0.3) is 0 Å². The number of anilines is 1. The Bertz CT molecular complexity index is 881. The molecule has 7 nitrogen and oxygen atoms in total. The normalized spacial score (nSPS) is 14.9. The molecular formula is C23H32N4O3S. The van der Waals surface area contributed by atoms with Crippen LogP contribution in [0.5, 0.6) is 5.75 Å². The number of benzene rings is 1. The van der Waals surface area contributed by atoms with Crippen molar-refractivity contribution in [2.75, 3.05) is 45.2 Å². The SMILES string of the molecule is CCc1nc(NC(=O)CN2CCCN(C(=O)CCc3ccc(OC)cc3)CC2)sc1C. The first kappa shape index (κ1) is 23.2. The first-order chi connectivity index (χ1) is 15.0. The highest BCUT2D eigenvalue weighted by atomic mass is 32.1. The first-order valence-electron chi connectivity index (χ1n) is 10.9. The highest BCUT2D eigenvalue weighted by Crippen LogP contribution is 2.22. The molecule has 3 rings (SSSR count). The number of rotatable bonds is 8. The summed E-state index contributed by atoms with van der Waals surface area (Å²) in [6.07, 6.45) is 2.96. The second kappa shape index (κ2) is 11.2. The molecule has 0 radical (unpaired) electrons. The molecule has 1 aromatic heterocycles. The third-order valence-electron chi connectivity index (χ3n) is 5.57. The maximum absolute atomic E-state index is 12.7. The van der Waals surface area contributed by atoms with Crippen molar-refractivity contribution in [3.63, 3.8) is 0 Å². The minimum atomic E-state index is -0.0457. The Morgan fingerprint density at radius 3 is 2.61 bits per heavy atom. The molecule has 2 aromatic rings. The average molecular weight is 445 g/mol. The van der Waals surface area contributed by atoms with Gasteiger partial charge < -0.3 is 15.0 Å². The van der Waals surface area contributed by atoms with Gasteiger partial charge in [-0.1, -0.05) is 19.1 Å². The van der Waals surface area contributed by atoms with Crippen LogP contribution in [0.15, 0.2) is 24.3 Å². The molecule has 1 aromatic carbocycles. The van der Waals surface area contributed by atoms with Crippen LogP contribution in [-0.4, -0.2) is 66.4 Å². The van der Waals surface area contributed by atoms with Crippen molar-refractivity contribution in [1.29, 1.82) is 0 Å². The number of nitrogens with zero attached hydrogens (tertiary/aromatic N) is 3. The second-order valence-corrected chi connectivity index (χ2v) is 8.99. The van der Waals surface area contributed by atoms with Crippen LogP contribution in [0.4, 0.5) is 5.13 Å². The third-order valence-corrected chi connectivity index (χ3v) is 6.50. The van der Waals surface area contributed by atoms with Gasteiger partial charge in [-0.2, -0.15) is 0 Å². The molecule has 0 bridgehead atoms. The zero-order valence-corrected chi connectivity index (χ0v) is 19.5. The van der Waals surface area contributed by atoms with Crippen molar-refractivity contribution in [3.05, 3.63) is 40.4 Å². The molecular weight excluding hydrogens is 412 g/mol. The summed E-state index contributed by atoms with van der Waals surface area (Å²) < 4.78 is 5.17. The minimum absolute atomic E-state index is 0.0457. The molecule has 1 aliphatic rings. The Kier molecular flexibility index (Phi) is 8.43. The van der Waals surface area contributed by atoms with Crippen LogP contribution in [0.1, 0.15) is 35.9 Å². The van der Waals surface area contributed by atoms with Gasteiger partial charge in [0.25, 0.3) is 0 Å². The van der Waals surface area contributed by atoms with Gasteiger partial charge in [0.05, 0.1) is 19.3 Å². The van der Waals surface area contributed by atoms with E-state index in [0.717, 1.165) is 54.2 Å². The molecule has 1 N–H and O–H groups in total. The van der Waals surface area contributed by atoms with E-state index in [2.05, 4.69) is 22.1 Å². The fourth-order valence-electron chi connectivity index (χ4n) is 3.75. The van der Waals surface area contributed by atoms with Crippen LogP contribution < -0.4 is 10.1 Å². The van der Waals surface area contributed by atoms with Gasteiger partial charge in [0, 0.05) is 37.5 Å². The topological polar surface area (TPSA) is 74.8 Å². The number of hydrogen-bond donors (Lipinski definition) is 1. The van der Waals surface area contributed by atoms with Crippen LogP contribution in [0.3, 0.4) is 0 Å². The van der Waals surface area contributed by atoms with E-state index in [1.807, 2.05) is 36.1 Å². The Morgan fingerprint density at radius 2 is 1.94 bits per heavy atom. The molecule has 0 unspecified atom stereocenters. The number of aromatic nitrogens is 1. The fraction of sp³-hybridized carbons (Fsp3) is 0.522. The van der Waals surface area contributed by atoms with Crippen molar-refractivity contribution in [3.8, 4) is 5.75 Å². The highest BCUT2D eigenvalue weighted by molar-refractivity contribution is 7.15. The van der Waals surface area contributed by atoms with E-state index < -0.39 is 0 Å². The molecule has 168 valence electrons. The van der Waals surface area contributed by atoms with Gasteiger partial charge in [-0.3, -0.25) is 14.5 Å². The van der Waals surface area contributed by atoms with E-state index in [1.165, 1.54) is 11.3 Å². The van der Waals surface area contributed by atoms with Gasteiger partial charge >= 0.3 is 0 Å². The van der Waals surface area contributed by atoms with Crippen LogP contribution >= 0.6 is 11.3 Å².